The maximum atomic E-state index is 12.8. The van der Waals surface area contributed by atoms with E-state index in [9.17, 15) is 4.79 Å². The van der Waals surface area contributed by atoms with Crippen LogP contribution < -0.4 is 10.3 Å². The highest BCUT2D eigenvalue weighted by atomic mass is 16.2. The molecule has 1 saturated carbocycles. The van der Waals surface area contributed by atoms with E-state index in [1.54, 1.807) is 30.6 Å². The number of urea groups is 1. The lowest BCUT2D eigenvalue weighted by Gasteiger charge is -2.30. The largest absolute Gasteiger partial charge is 0.340 e. The number of hydrogen-bond donors (Lipinski definition) is 1. The summed E-state index contributed by atoms with van der Waals surface area (Å²) in [6.45, 7) is 0. The Kier molecular flexibility index (Phi) is 4.55. The SMILES string of the molecule is CNN1C(=O)N(c2ccc(C#Cc3cccnc3)cn2)C2CCCCC21. The summed E-state index contributed by atoms with van der Waals surface area (Å²) >= 11 is 0. The van der Waals surface area contributed by atoms with Gasteiger partial charge in [-0.15, -0.1) is 0 Å². The standard InChI is InChI=1S/C20H21N5O/c1-21-25-18-7-3-2-6-17(18)24(20(25)26)19-11-10-16(14-23-19)9-8-15-5-4-12-22-13-15/h4-5,10-14,17-18,21H,2-3,6-7H2,1H3. The predicted octanol–water partition coefficient (Wildman–Crippen LogP) is 2.56. The van der Waals surface area contributed by atoms with E-state index in [0.29, 0.717) is 5.82 Å². The molecule has 2 fully saturated rings. The molecule has 1 saturated heterocycles. The molecule has 2 aromatic rings. The summed E-state index contributed by atoms with van der Waals surface area (Å²) in [5, 5.41) is 1.75. The molecular weight excluding hydrogens is 326 g/mol. The second kappa shape index (κ2) is 7.14. The highest BCUT2D eigenvalue weighted by molar-refractivity contribution is 5.94. The monoisotopic (exact) mass is 347 g/mol. The Hall–Kier alpha value is -2.91. The molecule has 0 bridgehead atoms. The minimum absolute atomic E-state index is 0.0221. The lowest BCUT2D eigenvalue weighted by Crippen LogP contribution is -2.45. The number of amides is 2. The van der Waals surface area contributed by atoms with Crippen molar-refractivity contribution >= 4 is 11.8 Å². The molecular formula is C20H21N5O. The van der Waals surface area contributed by atoms with E-state index in [-0.39, 0.29) is 18.1 Å². The van der Waals surface area contributed by atoms with Crippen molar-refractivity contribution in [1.82, 2.24) is 20.4 Å². The van der Waals surface area contributed by atoms with Crippen LogP contribution in [0.15, 0.2) is 42.9 Å². The number of carbonyl (C=O) groups excluding carboxylic acids is 1. The van der Waals surface area contributed by atoms with Crippen molar-refractivity contribution in [2.75, 3.05) is 11.9 Å². The molecule has 2 aromatic heterocycles. The van der Waals surface area contributed by atoms with Gasteiger partial charge in [0.1, 0.15) is 5.82 Å². The number of fused-ring (bicyclic) bond motifs is 1. The molecule has 2 amide bonds. The van der Waals surface area contributed by atoms with Crippen LogP contribution >= 0.6 is 0 Å². The van der Waals surface area contributed by atoms with Crippen LogP contribution in [0.4, 0.5) is 10.6 Å². The highest BCUT2D eigenvalue weighted by Gasteiger charge is 2.47. The Labute approximate surface area is 153 Å². The second-order valence-corrected chi connectivity index (χ2v) is 6.56. The van der Waals surface area contributed by atoms with Gasteiger partial charge >= 0.3 is 6.03 Å². The van der Waals surface area contributed by atoms with Gasteiger partial charge in [0, 0.05) is 36.8 Å². The molecule has 6 nitrogen and oxygen atoms in total. The van der Waals surface area contributed by atoms with Crippen LogP contribution in [-0.2, 0) is 0 Å². The number of rotatable bonds is 2. The zero-order valence-corrected chi connectivity index (χ0v) is 14.7. The molecule has 6 heteroatoms. The minimum Gasteiger partial charge on any atom is -0.272 e. The zero-order valence-electron chi connectivity index (χ0n) is 14.7. The van der Waals surface area contributed by atoms with E-state index in [4.69, 9.17) is 0 Å². The van der Waals surface area contributed by atoms with Gasteiger partial charge in [0.2, 0.25) is 0 Å². The second-order valence-electron chi connectivity index (χ2n) is 6.56. The number of hydrogen-bond acceptors (Lipinski definition) is 4. The fourth-order valence-corrected chi connectivity index (χ4v) is 3.81. The van der Waals surface area contributed by atoms with Crippen LogP contribution in [-0.4, -0.2) is 40.1 Å². The Morgan fingerprint density at radius 2 is 1.85 bits per heavy atom. The number of nitrogens with one attached hydrogen (secondary N) is 1. The Morgan fingerprint density at radius 1 is 1.08 bits per heavy atom. The average Bonchev–Trinajstić information content (AvgIpc) is 2.99. The normalized spacial score (nSPS) is 22.0. The Bertz CT molecular complexity index is 840. The quantitative estimate of drug-likeness (QED) is 0.848. The Balaban J connectivity index is 1.57. The van der Waals surface area contributed by atoms with Crippen molar-refractivity contribution in [2.45, 2.75) is 37.8 Å². The number of anilines is 1. The van der Waals surface area contributed by atoms with Crippen LogP contribution in [0, 0.1) is 11.8 Å². The van der Waals surface area contributed by atoms with Crippen molar-refractivity contribution in [1.29, 1.82) is 0 Å². The molecule has 1 N–H and O–H groups in total. The van der Waals surface area contributed by atoms with Gasteiger partial charge < -0.3 is 0 Å². The van der Waals surface area contributed by atoms with Gasteiger partial charge in [-0.2, -0.15) is 0 Å². The fourth-order valence-electron chi connectivity index (χ4n) is 3.81. The number of aromatic nitrogens is 2. The molecule has 26 heavy (non-hydrogen) atoms. The molecule has 2 aliphatic rings. The molecule has 2 unspecified atom stereocenters. The van der Waals surface area contributed by atoms with Gasteiger partial charge in [-0.3, -0.25) is 14.9 Å². The smallest absolute Gasteiger partial charge is 0.272 e. The van der Waals surface area contributed by atoms with Gasteiger partial charge in [-0.1, -0.05) is 24.7 Å². The summed E-state index contributed by atoms with van der Waals surface area (Å²) < 4.78 is 0. The van der Waals surface area contributed by atoms with Gasteiger partial charge in [-0.05, 0) is 37.1 Å². The first-order chi connectivity index (χ1) is 12.8. The first kappa shape index (κ1) is 16.6. The van der Waals surface area contributed by atoms with Gasteiger partial charge in [0.25, 0.3) is 0 Å². The average molecular weight is 347 g/mol. The summed E-state index contributed by atoms with van der Waals surface area (Å²) in [6.07, 6.45) is 9.54. The summed E-state index contributed by atoms with van der Waals surface area (Å²) in [5.41, 5.74) is 4.73. The number of carbonyl (C=O) groups is 1. The predicted molar refractivity (Wildman–Crippen MR) is 99.3 cm³/mol. The van der Waals surface area contributed by atoms with Crippen molar-refractivity contribution in [3.63, 3.8) is 0 Å². The minimum atomic E-state index is -0.0221. The summed E-state index contributed by atoms with van der Waals surface area (Å²) in [4.78, 5) is 23.2. The van der Waals surface area contributed by atoms with E-state index < -0.39 is 0 Å². The van der Waals surface area contributed by atoms with Crippen LogP contribution in [0.25, 0.3) is 0 Å². The van der Waals surface area contributed by atoms with Crippen LogP contribution in [0.1, 0.15) is 36.8 Å². The fraction of sp³-hybridized carbons (Fsp3) is 0.350. The van der Waals surface area contributed by atoms with E-state index in [0.717, 1.165) is 36.8 Å². The number of pyridine rings is 2. The van der Waals surface area contributed by atoms with Gasteiger partial charge in [0.05, 0.1) is 12.1 Å². The molecule has 132 valence electrons. The number of nitrogens with zero attached hydrogens (tertiary/aromatic N) is 4. The molecule has 1 aliphatic heterocycles. The van der Waals surface area contributed by atoms with Crippen LogP contribution in [0.2, 0.25) is 0 Å². The van der Waals surface area contributed by atoms with E-state index in [1.165, 1.54) is 0 Å². The molecule has 2 atom stereocenters. The molecule has 0 radical (unpaired) electrons. The first-order valence-electron chi connectivity index (χ1n) is 8.96. The topological polar surface area (TPSA) is 61.4 Å². The van der Waals surface area contributed by atoms with Crippen molar-refractivity contribution in [3.05, 3.63) is 54.0 Å². The van der Waals surface area contributed by atoms with Crippen molar-refractivity contribution in [2.24, 2.45) is 0 Å². The molecule has 0 aromatic carbocycles. The molecule has 4 rings (SSSR count). The Morgan fingerprint density at radius 3 is 2.50 bits per heavy atom. The third-order valence-corrected chi connectivity index (χ3v) is 5.02. The van der Waals surface area contributed by atoms with Crippen LogP contribution in [0.5, 0.6) is 0 Å². The van der Waals surface area contributed by atoms with E-state index >= 15 is 0 Å². The lowest BCUT2D eigenvalue weighted by molar-refractivity contribution is 0.160. The highest BCUT2D eigenvalue weighted by Crippen LogP contribution is 2.35. The summed E-state index contributed by atoms with van der Waals surface area (Å²) in [7, 11) is 1.80. The maximum absolute atomic E-state index is 12.8. The number of hydrazine groups is 1. The van der Waals surface area contributed by atoms with Crippen molar-refractivity contribution < 1.29 is 4.79 Å². The van der Waals surface area contributed by atoms with E-state index in [1.807, 2.05) is 29.2 Å². The summed E-state index contributed by atoms with van der Waals surface area (Å²) in [5.74, 6) is 6.85. The van der Waals surface area contributed by atoms with Crippen LogP contribution in [0.3, 0.4) is 0 Å². The third-order valence-electron chi connectivity index (χ3n) is 5.02. The van der Waals surface area contributed by atoms with Gasteiger partial charge in [0.15, 0.2) is 0 Å². The molecule has 0 spiro atoms. The third kappa shape index (κ3) is 3.02. The van der Waals surface area contributed by atoms with Gasteiger partial charge in [-0.25, -0.2) is 15.2 Å². The first-order valence-corrected chi connectivity index (χ1v) is 8.96. The summed E-state index contributed by atoms with van der Waals surface area (Å²) in [6, 6.07) is 7.95. The maximum Gasteiger partial charge on any atom is 0.340 e. The zero-order chi connectivity index (χ0) is 17.9. The van der Waals surface area contributed by atoms with E-state index in [2.05, 4.69) is 27.2 Å². The molecule has 1 aliphatic carbocycles. The lowest BCUT2D eigenvalue weighted by atomic mass is 9.91. The van der Waals surface area contributed by atoms with Crippen molar-refractivity contribution in [3.8, 4) is 11.8 Å². The molecule has 3 heterocycles.